The molecule has 1 saturated heterocycles. The molecule has 1 aliphatic rings. The molecule has 11 nitrogen and oxygen atoms in total. The molecule has 2 unspecified atom stereocenters. The Labute approximate surface area is 254 Å². The van der Waals surface area contributed by atoms with E-state index in [1.807, 2.05) is 53.1 Å². The third-order valence-corrected chi connectivity index (χ3v) is 7.36. The number of rotatable bonds is 6. The Morgan fingerprint density at radius 2 is 1.98 bits per heavy atom. The number of nitrogens with one attached hydrogen (secondary N) is 1. The molecule has 1 aliphatic heterocycles. The monoisotopic (exact) mass is 599 g/mol. The predicted molar refractivity (Wildman–Crippen MR) is 164 cm³/mol. The van der Waals surface area contributed by atoms with E-state index in [9.17, 15) is 4.79 Å². The van der Waals surface area contributed by atoms with E-state index in [1.165, 1.54) is 6.33 Å². The molecule has 1 N–H and O–H groups in total. The minimum atomic E-state index is -0.649. The third-order valence-electron chi connectivity index (χ3n) is 7.36. The van der Waals surface area contributed by atoms with Gasteiger partial charge in [0.15, 0.2) is 5.82 Å². The van der Waals surface area contributed by atoms with Crippen molar-refractivity contribution in [3.63, 3.8) is 0 Å². The average molecular weight is 600 g/mol. The smallest absolute Gasteiger partial charge is 0.410 e. The van der Waals surface area contributed by atoms with Gasteiger partial charge in [0.1, 0.15) is 29.6 Å². The molecule has 3 aromatic heterocycles. The van der Waals surface area contributed by atoms with Crippen LogP contribution in [-0.2, 0) is 16.5 Å². The van der Waals surface area contributed by atoms with Gasteiger partial charge >= 0.3 is 6.09 Å². The third kappa shape index (κ3) is 5.98. The van der Waals surface area contributed by atoms with Crippen LogP contribution in [-0.4, -0.2) is 73.2 Å². The zero-order valence-electron chi connectivity index (χ0n) is 25.2. The SMILES string of the molecule is CC(Oc1cc(-c2cnn(C)c2)cc2ncnc(Nc3ccc4ncccc4c3F)c12)C1COCCN1C(=O)OC(C)(C)C. The minimum absolute atomic E-state index is 0.234. The van der Waals surface area contributed by atoms with E-state index >= 15 is 4.39 Å². The number of fused-ring (bicyclic) bond motifs is 2. The standard InChI is InChI=1S/C32H34FN7O4/c1-19(26-17-42-12-11-40(26)31(41)44-32(2,3)4)43-27-14-20(21-15-37-39(5)16-21)13-25-28(27)30(36-18-35-25)38-24-9-8-23-22(29(24)33)7-6-10-34-23/h6-10,13-16,18-19,26H,11-12,17H2,1-5H3,(H,35,36,38). The summed E-state index contributed by atoms with van der Waals surface area (Å²) in [7, 11) is 1.84. The number of carbonyl (C=O) groups is 1. The summed E-state index contributed by atoms with van der Waals surface area (Å²) in [6, 6.07) is 10.1. The molecule has 12 heteroatoms. The van der Waals surface area contributed by atoms with Crippen LogP contribution in [0.4, 0.5) is 20.7 Å². The first-order chi connectivity index (χ1) is 21.1. The number of anilines is 2. The van der Waals surface area contributed by atoms with E-state index in [1.54, 1.807) is 46.2 Å². The fourth-order valence-corrected chi connectivity index (χ4v) is 5.26. The topological polar surface area (TPSA) is 117 Å². The normalized spacial score (nSPS) is 16.2. The summed E-state index contributed by atoms with van der Waals surface area (Å²) in [4.78, 5) is 28.1. The molecule has 4 heterocycles. The first kappa shape index (κ1) is 29.2. The van der Waals surface area contributed by atoms with Crippen LogP contribution in [0, 0.1) is 5.82 Å². The van der Waals surface area contributed by atoms with Crippen LogP contribution in [0.3, 0.4) is 0 Å². The highest BCUT2D eigenvalue weighted by atomic mass is 19.1. The molecule has 2 aromatic carbocycles. The van der Waals surface area contributed by atoms with Gasteiger partial charge in [0.05, 0.1) is 47.6 Å². The zero-order chi connectivity index (χ0) is 31.0. The van der Waals surface area contributed by atoms with Gasteiger partial charge in [-0.1, -0.05) is 0 Å². The minimum Gasteiger partial charge on any atom is -0.488 e. The van der Waals surface area contributed by atoms with Crippen molar-refractivity contribution in [1.29, 1.82) is 0 Å². The summed E-state index contributed by atoms with van der Waals surface area (Å²) in [5, 5.41) is 8.41. The maximum atomic E-state index is 15.6. The van der Waals surface area contributed by atoms with Gasteiger partial charge in [-0.25, -0.2) is 19.2 Å². The Morgan fingerprint density at radius 1 is 1.14 bits per heavy atom. The summed E-state index contributed by atoms with van der Waals surface area (Å²) in [6.07, 6.45) is 5.75. The van der Waals surface area contributed by atoms with Crippen LogP contribution in [0.2, 0.25) is 0 Å². The van der Waals surface area contributed by atoms with E-state index in [-0.39, 0.29) is 12.3 Å². The second-order valence-electron chi connectivity index (χ2n) is 11.8. The molecular formula is C32H34FN7O4. The quantitative estimate of drug-likeness (QED) is 0.256. The second-order valence-corrected chi connectivity index (χ2v) is 11.8. The van der Waals surface area contributed by atoms with Crippen LogP contribution in [0.1, 0.15) is 27.7 Å². The number of pyridine rings is 1. The predicted octanol–water partition coefficient (Wildman–Crippen LogP) is 5.86. The first-order valence-corrected chi connectivity index (χ1v) is 14.4. The maximum absolute atomic E-state index is 15.6. The van der Waals surface area contributed by atoms with Crippen molar-refractivity contribution >= 4 is 39.4 Å². The van der Waals surface area contributed by atoms with Gasteiger partial charge in [0, 0.05) is 36.9 Å². The summed E-state index contributed by atoms with van der Waals surface area (Å²) >= 11 is 0. The molecule has 5 aromatic rings. The highest BCUT2D eigenvalue weighted by molar-refractivity contribution is 5.99. The molecule has 2 atom stereocenters. The fourth-order valence-electron chi connectivity index (χ4n) is 5.26. The molecule has 44 heavy (non-hydrogen) atoms. The van der Waals surface area contributed by atoms with E-state index in [0.29, 0.717) is 46.5 Å². The summed E-state index contributed by atoms with van der Waals surface area (Å²) in [5.74, 6) is 0.369. The zero-order valence-corrected chi connectivity index (χ0v) is 25.2. The van der Waals surface area contributed by atoms with Crippen molar-refractivity contribution in [1.82, 2.24) is 29.6 Å². The molecule has 0 spiro atoms. The molecule has 0 radical (unpaired) electrons. The Hall–Kier alpha value is -4.84. The number of benzene rings is 2. The summed E-state index contributed by atoms with van der Waals surface area (Å²) in [6.45, 7) is 8.43. The van der Waals surface area contributed by atoms with Crippen molar-refractivity contribution in [2.75, 3.05) is 25.1 Å². The molecule has 0 bridgehead atoms. The van der Waals surface area contributed by atoms with Gasteiger partial charge in [-0.05, 0) is 69.7 Å². The highest BCUT2D eigenvalue weighted by Crippen LogP contribution is 2.38. The lowest BCUT2D eigenvalue weighted by Crippen LogP contribution is -2.55. The molecule has 1 fully saturated rings. The number of halogens is 1. The van der Waals surface area contributed by atoms with E-state index < -0.39 is 29.7 Å². The van der Waals surface area contributed by atoms with E-state index in [4.69, 9.17) is 14.2 Å². The number of aryl methyl sites for hydroxylation is 1. The van der Waals surface area contributed by atoms with Crippen LogP contribution in [0.25, 0.3) is 32.9 Å². The van der Waals surface area contributed by atoms with Crippen molar-refractivity contribution in [2.24, 2.45) is 7.05 Å². The first-order valence-electron chi connectivity index (χ1n) is 14.4. The van der Waals surface area contributed by atoms with Gasteiger partial charge in [-0.2, -0.15) is 5.10 Å². The molecule has 0 aliphatic carbocycles. The Balaban J connectivity index is 1.41. The molecular weight excluding hydrogens is 565 g/mol. The lowest BCUT2D eigenvalue weighted by atomic mass is 10.0. The summed E-state index contributed by atoms with van der Waals surface area (Å²) < 4.78 is 35.4. The van der Waals surface area contributed by atoms with Crippen LogP contribution < -0.4 is 10.1 Å². The van der Waals surface area contributed by atoms with Gasteiger partial charge in [0.25, 0.3) is 0 Å². The maximum Gasteiger partial charge on any atom is 0.410 e. The van der Waals surface area contributed by atoms with Crippen molar-refractivity contribution in [3.8, 4) is 16.9 Å². The molecule has 0 saturated carbocycles. The van der Waals surface area contributed by atoms with Crippen LogP contribution >= 0.6 is 0 Å². The molecule has 1 amide bonds. The van der Waals surface area contributed by atoms with Gasteiger partial charge in [-0.15, -0.1) is 0 Å². The number of hydrogen-bond donors (Lipinski definition) is 1. The van der Waals surface area contributed by atoms with Crippen molar-refractivity contribution in [2.45, 2.75) is 45.4 Å². The van der Waals surface area contributed by atoms with E-state index in [2.05, 4.69) is 25.4 Å². The second kappa shape index (κ2) is 11.7. The number of nitrogens with zero attached hydrogens (tertiary/aromatic N) is 6. The lowest BCUT2D eigenvalue weighted by molar-refractivity contribution is -0.0573. The van der Waals surface area contributed by atoms with Gasteiger partial charge in [0.2, 0.25) is 0 Å². The summed E-state index contributed by atoms with van der Waals surface area (Å²) in [5.41, 5.74) is 2.40. The Morgan fingerprint density at radius 3 is 2.75 bits per heavy atom. The van der Waals surface area contributed by atoms with E-state index in [0.717, 1.165) is 11.1 Å². The number of amides is 1. The van der Waals surface area contributed by atoms with Crippen molar-refractivity contribution < 1.29 is 23.4 Å². The number of hydrogen-bond acceptors (Lipinski definition) is 9. The number of morpholine rings is 1. The highest BCUT2D eigenvalue weighted by Gasteiger charge is 2.36. The number of aromatic nitrogens is 5. The number of ether oxygens (including phenoxy) is 3. The Bertz CT molecular complexity index is 1840. The molecule has 6 rings (SSSR count). The average Bonchev–Trinajstić information content (AvgIpc) is 3.44. The largest absolute Gasteiger partial charge is 0.488 e. The Kier molecular flexibility index (Phi) is 7.76. The molecule has 228 valence electrons. The lowest BCUT2D eigenvalue weighted by Gasteiger charge is -2.39. The van der Waals surface area contributed by atoms with Crippen LogP contribution in [0.5, 0.6) is 5.75 Å². The van der Waals surface area contributed by atoms with Gasteiger partial charge < -0.3 is 19.5 Å². The van der Waals surface area contributed by atoms with Gasteiger partial charge in [-0.3, -0.25) is 14.6 Å². The number of carbonyl (C=O) groups excluding carboxylic acids is 1. The van der Waals surface area contributed by atoms with Crippen LogP contribution in [0.15, 0.2) is 61.3 Å². The fraction of sp³-hybridized carbons (Fsp3) is 0.344. The van der Waals surface area contributed by atoms with Crippen molar-refractivity contribution in [3.05, 3.63) is 67.1 Å².